The van der Waals surface area contributed by atoms with Gasteiger partial charge < -0.3 is 14.8 Å². The maximum absolute atomic E-state index is 12.8. The molecule has 0 fully saturated rings. The van der Waals surface area contributed by atoms with Crippen LogP contribution in [0.15, 0.2) is 109 Å². The van der Waals surface area contributed by atoms with Crippen molar-refractivity contribution in [2.24, 2.45) is 0 Å². The number of carbonyl (C=O) groups is 1. The van der Waals surface area contributed by atoms with E-state index in [0.717, 1.165) is 19.3 Å². The maximum Gasteiger partial charge on any atom is 0.257 e. The van der Waals surface area contributed by atoms with Crippen LogP contribution in [0.25, 0.3) is 0 Å². The summed E-state index contributed by atoms with van der Waals surface area (Å²) in [5.41, 5.74) is 3.65. The normalized spacial score (nSPS) is 10.4. The van der Waals surface area contributed by atoms with Gasteiger partial charge in [-0.1, -0.05) is 78.9 Å². The van der Waals surface area contributed by atoms with Gasteiger partial charge in [-0.25, -0.2) is 0 Å². The van der Waals surface area contributed by atoms with Gasteiger partial charge in [0, 0.05) is 12.0 Å². The Hall–Kier alpha value is -4.16. The molecule has 5 nitrogen and oxygen atoms in total. The summed E-state index contributed by atoms with van der Waals surface area (Å²) < 4.78 is 11.8. The fourth-order valence-electron chi connectivity index (χ4n) is 3.79. The Kier molecular flexibility index (Phi) is 9.67. The molecule has 0 bridgehead atoms. The molecule has 0 heterocycles. The number of rotatable bonds is 11. The summed E-state index contributed by atoms with van der Waals surface area (Å²) in [4.78, 5) is 12.8. The molecule has 4 aromatic carbocycles. The Morgan fingerprint density at radius 1 is 0.703 bits per heavy atom. The summed E-state index contributed by atoms with van der Waals surface area (Å²) in [6, 6.07) is 35.1. The molecule has 4 rings (SSSR count). The molecule has 0 saturated carbocycles. The number of hydrogen-bond acceptors (Lipinski definition) is 4. The summed E-state index contributed by atoms with van der Waals surface area (Å²) in [5, 5.41) is 6.02. The van der Waals surface area contributed by atoms with E-state index in [9.17, 15) is 4.79 Å². The van der Waals surface area contributed by atoms with E-state index >= 15 is 0 Å². The molecular formula is C31H30N2O3S. The lowest BCUT2D eigenvalue weighted by atomic mass is 10.1. The van der Waals surface area contributed by atoms with E-state index < -0.39 is 0 Å². The van der Waals surface area contributed by atoms with Crippen LogP contribution in [0.3, 0.4) is 0 Å². The quantitative estimate of drug-likeness (QED) is 0.179. The van der Waals surface area contributed by atoms with Gasteiger partial charge in [-0.2, -0.15) is 0 Å². The molecule has 37 heavy (non-hydrogen) atoms. The Bertz CT molecular complexity index is 1300. The van der Waals surface area contributed by atoms with Crippen molar-refractivity contribution < 1.29 is 14.3 Å². The number of amides is 1. The molecule has 4 aromatic rings. The molecule has 0 aromatic heterocycles. The Labute approximate surface area is 223 Å². The highest BCUT2D eigenvalue weighted by Gasteiger charge is 2.11. The van der Waals surface area contributed by atoms with Crippen LogP contribution in [0.2, 0.25) is 0 Å². The molecule has 0 aliphatic rings. The van der Waals surface area contributed by atoms with Crippen molar-refractivity contribution in [3.8, 4) is 11.5 Å². The first-order valence-corrected chi connectivity index (χ1v) is 12.7. The van der Waals surface area contributed by atoms with Crippen molar-refractivity contribution in [1.29, 1.82) is 0 Å². The minimum Gasteiger partial charge on any atom is -0.493 e. The predicted octanol–water partition coefficient (Wildman–Crippen LogP) is 6.45. The van der Waals surface area contributed by atoms with Crippen LogP contribution in [0.5, 0.6) is 11.5 Å². The standard InChI is InChI=1S/C31H30N2O3S/c34-30(26-16-9-17-27(23-26)35-22-20-25-13-5-2-6-14-25)33-31(37)32-28-18-7-8-19-29(28)36-21-10-15-24-11-3-1-4-12-24/h1-9,11-14,16-19,23H,10,15,20-22H2,(H2,32,33,34,37). The Balaban J connectivity index is 1.26. The third-order valence-corrected chi connectivity index (χ3v) is 5.88. The van der Waals surface area contributed by atoms with Crippen LogP contribution >= 0.6 is 12.2 Å². The van der Waals surface area contributed by atoms with E-state index in [0.29, 0.717) is 36.0 Å². The highest BCUT2D eigenvalue weighted by atomic mass is 32.1. The molecule has 0 spiro atoms. The van der Waals surface area contributed by atoms with Gasteiger partial charge in [0.15, 0.2) is 5.11 Å². The zero-order valence-electron chi connectivity index (χ0n) is 20.6. The molecular weight excluding hydrogens is 480 g/mol. The molecule has 188 valence electrons. The number of anilines is 1. The van der Waals surface area contributed by atoms with Crippen molar-refractivity contribution >= 4 is 28.9 Å². The number of ether oxygens (including phenoxy) is 2. The van der Waals surface area contributed by atoms with E-state index in [1.165, 1.54) is 11.1 Å². The largest absolute Gasteiger partial charge is 0.493 e. The van der Waals surface area contributed by atoms with Gasteiger partial charge in [0.1, 0.15) is 11.5 Å². The van der Waals surface area contributed by atoms with Crippen LogP contribution in [-0.2, 0) is 12.8 Å². The molecule has 0 aliphatic carbocycles. The number of aryl methyl sites for hydroxylation is 1. The van der Waals surface area contributed by atoms with Crippen LogP contribution in [0.1, 0.15) is 27.9 Å². The summed E-state index contributed by atoms with van der Waals surface area (Å²) in [6.07, 6.45) is 2.63. The average Bonchev–Trinajstić information content (AvgIpc) is 2.93. The number of benzene rings is 4. The van der Waals surface area contributed by atoms with Gasteiger partial charge in [-0.15, -0.1) is 0 Å². The number of nitrogens with one attached hydrogen (secondary N) is 2. The number of thiocarbonyl (C=S) groups is 1. The van der Waals surface area contributed by atoms with Crippen molar-refractivity contribution in [3.63, 3.8) is 0 Å². The lowest BCUT2D eigenvalue weighted by Crippen LogP contribution is -2.34. The molecule has 0 aliphatic heterocycles. The topological polar surface area (TPSA) is 59.6 Å². The lowest BCUT2D eigenvalue weighted by Gasteiger charge is -2.14. The van der Waals surface area contributed by atoms with Crippen molar-refractivity contribution in [2.75, 3.05) is 18.5 Å². The number of carbonyl (C=O) groups excluding carboxylic acids is 1. The van der Waals surface area contributed by atoms with Gasteiger partial charge in [0.25, 0.3) is 5.91 Å². The monoisotopic (exact) mass is 510 g/mol. The molecule has 0 atom stereocenters. The second-order valence-electron chi connectivity index (χ2n) is 8.45. The third-order valence-electron chi connectivity index (χ3n) is 5.67. The predicted molar refractivity (Wildman–Crippen MR) is 152 cm³/mol. The van der Waals surface area contributed by atoms with Crippen LogP contribution in [-0.4, -0.2) is 24.2 Å². The minimum atomic E-state index is -0.313. The first-order chi connectivity index (χ1) is 18.2. The molecule has 2 N–H and O–H groups in total. The second kappa shape index (κ2) is 13.8. The Morgan fingerprint density at radius 2 is 1.38 bits per heavy atom. The van der Waals surface area contributed by atoms with Crippen LogP contribution in [0, 0.1) is 0 Å². The number of para-hydroxylation sites is 2. The smallest absolute Gasteiger partial charge is 0.257 e. The fourth-order valence-corrected chi connectivity index (χ4v) is 3.99. The van der Waals surface area contributed by atoms with E-state index in [-0.39, 0.29) is 11.0 Å². The summed E-state index contributed by atoms with van der Waals surface area (Å²) >= 11 is 5.40. The first-order valence-electron chi connectivity index (χ1n) is 12.3. The molecule has 0 saturated heterocycles. The zero-order chi connectivity index (χ0) is 25.7. The highest BCUT2D eigenvalue weighted by Crippen LogP contribution is 2.24. The summed E-state index contributed by atoms with van der Waals surface area (Å²) in [5.74, 6) is 1.00. The zero-order valence-corrected chi connectivity index (χ0v) is 21.4. The van der Waals surface area contributed by atoms with Gasteiger partial charge in [0.2, 0.25) is 0 Å². The van der Waals surface area contributed by atoms with Gasteiger partial charge in [-0.3, -0.25) is 10.1 Å². The fraction of sp³-hybridized carbons (Fsp3) is 0.161. The van der Waals surface area contributed by atoms with Gasteiger partial charge in [-0.05, 0) is 66.5 Å². The molecule has 0 radical (unpaired) electrons. The van der Waals surface area contributed by atoms with Gasteiger partial charge >= 0.3 is 0 Å². The van der Waals surface area contributed by atoms with Crippen molar-refractivity contribution in [1.82, 2.24) is 5.32 Å². The first kappa shape index (κ1) is 25.9. The molecule has 1 amide bonds. The third kappa shape index (κ3) is 8.47. The van der Waals surface area contributed by atoms with Crippen LogP contribution in [0.4, 0.5) is 5.69 Å². The van der Waals surface area contributed by atoms with Gasteiger partial charge in [0.05, 0.1) is 18.9 Å². The lowest BCUT2D eigenvalue weighted by molar-refractivity contribution is 0.0977. The number of hydrogen-bond donors (Lipinski definition) is 2. The van der Waals surface area contributed by atoms with Crippen molar-refractivity contribution in [3.05, 3.63) is 126 Å². The highest BCUT2D eigenvalue weighted by molar-refractivity contribution is 7.80. The molecule has 0 unspecified atom stereocenters. The average molecular weight is 511 g/mol. The van der Waals surface area contributed by atoms with E-state index in [1.54, 1.807) is 18.2 Å². The SMILES string of the molecule is O=C(NC(=S)Nc1ccccc1OCCCc1ccccc1)c1cccc(OCCc2ccccc2)c1. The summed E-state index contributed by atoms with van der Waals surface area (Å²) in [6.45, 7) is 1.10. The van der Waals surface area contributed by atoms with E-state index in [4.69, 9.17) is 21.7 Å². The van der Waals surface area contributed by atoms with E-state index in [1.807, 2.05) is 66.7 Å². The van der Waals surface area contributed by atoms with Crippen LogP contribution < -0.4 is 20.1 Å². The van der Waals surface area contributed by atoms with E-state index in [2.05, 4.69) is 34.9 Å². The Morgan fingerprint density at radius 3 is 2.14 bits per heavy atom. The van der Waals surface area contributed by atoms with Crippen molar-refractivity contribution in [2.45, 2.75) is 19.3 Å². The summed E-state index contributed by atoms with van der Waals surface area (Å²) in [7, 11) is 0. The minimum absolute atomic E-state index is 0.195. The maximum atomic E-state index is 12.8. The molecule has 6 heteroatoms. The second-order valence-corrected chi connectivity index (χ2v) is 8.86.